The highest BCUT2D eigenvalue weighted by Gasteiger charge is 2.22. The lowest BCUT2D eigenvalue weighted by Gasteiger charge is -2.28. The summed E-state index contributed by atoms with van der Waals surface area (Å²) in [5.41, 5.74) is 7.06. The Morgan fingerprint density at radius 1 is 1.43 bits per heavy atom. The van der Waals surface area contributed by atoms with Gasteiger partial charge in [0.1, 0.15) is 5.75 Å². The standard InChI is InChI=1S/C16H26N2O2S/c1-12(11-13-7-5-6-8-15(13)20-3)18(2)16(19)14(17)9-10-21-4/h5-8,12,14H,9-11,17H2,1-4H3/t12?,14-/m0/s1. The predicted molar refractivity (Wildman–Crippen MR) is 89.9 cm³/mol. The molecule has 0 spiro atoms. The first-order valence-corrected chi connectivity index (χ1v) is 8.53. The van der Waals surface area contributed by atoms with Crippen LogP contribution >= 0.6 is 11.8 Å². The predicted octanol–water partition coefficient (Wildman–Crippen LogP) is 2.17. The minimum absolute atomic E-state index is 0.00597. The first-order valence-electron chi connectivity index (χ1n) is 7.14. The molecular weight excluding hydrogens is 284 g/mol. The Hall–Kier alpha value is -1.20. The van der Waals surface area contributed by atoms with Crippen LogP contribution in [0, 0.1) is 0 Å². The highest BCUT2D eigenvalue weighted by atomic mass is 32.2. The van der Waals surface area contributed by atoms with Gasteiger partial charge in [-0.1, -0.05) is 18.2 Å². The zero-order valence-electron chi connectivity index (χ0n) is 13.3. The molecule has 0 saturated heterocycles. The molecule has 2 N–H and O–H groups in total. The normalized spacial score (nSPS) is 13.6. The molecule has 1 unspecified atom stereocenters. The van der Waals surface area contributed by atoms with E-state index in [4.69, 9.17) is 10.5 Å². The molecule has 0 aliphatic carbocycles. The second-order valence-corrected chi connectivity index (χ2v) is 6.19. The highest BCUT2D eigenvalue weighted by molar-refractivity contribution is 7.98. The number of hydrogen-bond donors (Lipinski definition) is 1. The molecule has 1 amide bonds. The number of hydrogen-bond acceptors (Lipinski definition) is 4. The minimum Gasteiger partial charge on any atom is -0.496 e. The lowest BCUT2D eigenvalue weighted by molar-refractivity contribution is -0.133. The smallest absolute Gasteiger partial charge is 0.239 e. The average Bonchev–Trinajstić information content (AvgIpc) is 2.51. The summed E-state index contributed by atoms with van der Waals surface area (Å²) in [5.74, 6) is 1.77. The number of nitrogens with two attached hydrogens (primary N) is 1. The van der Waals surface area contributed by atoms with Gasteiger partial charge >= 0.3 is 0 Å². The van der Waals surface area contributed by atoms with Crippen LogP contribution in [0.5, 0.6) is 5.75 Å². The van der Waals surface area contributed by atoms with Crippen LogP contribution in [0.15, 0.2) is 24.3 Å². The van der Waals surface area contributed by atoms with Crippen LogP contribution in [0.3, 0.4) is 0 Å². The van der Waals surface area contributed by atoms with E-state index in [1.165, 1.54) is 0 Å². The van der Waals surface area contributed by atoms with E-state index in [9.17, 15) is 4.79 Å². The van der Waals surface area contributed by atoms with Crippen LogP contribution in [-0.2, 0) is 11.2 Å². The summed E-state index contributed by atoms with van der Waals surface area (Å²) in [5, 5.41) is 0. The number of nitrogens with zero attached hydrogens (tertiary/aromatic N) is 1. The molecule has 4 nitrogen and oxygen atoms in total. The fourth-order valence-electron chi connectivity index (χ4n) is 2.17. The van der Waals surface area contributed by atoms with Gasteiger partial charge in [0.05, 0.1) is 13.2 Å². The molecule has 21 heavy (non-hydrogen) atoms. The van der Waals surface area contributed by atoms with Crippen molar-refractivity contribution in [1.29, 1.82) is 0 Å². The third kappa shape index (κ3) is 5.25. The molecule has 1 rings (SSSR count). The van der Waals surface area contributed by atoms with E-state index in [1.807, 2.05) is 44.5 Å². The highest BCUT2D eigenvalue weighted by Crippen LogP contribution is 2.20. The van der Waals surface area contributed by atoms with Crippen LogP contribution in [0.25, 0.3) is 0 Å². The number of ether oxygens (including phenoxy) is 1. The van der Waals surface area contributed by atoms with Crippen LogP contribution in [0.1, 0.15) is 18.9 Å². The Morgan fingerprint density at radius 2 is 2.10 bits per heavy atom. The summed E-state index contributed by atoms with van der Waals surface area (Å²) in [7, 11) is 3.48. The molecule has 0 aliphatic heterocycles. The fraction of sp³-hybridized carbons (Fsp3) is 0.562. The average molecular weight is 310 g/mol. The Kier molecular flexibility index (Phi) is 7.61. The summed E-state index contributed by atoms with van der Waals surface area (Å²) in [6, 6.07) is 7.56. The van der Waals surface area contributed by atoms with Gasteiger partial charge in [0, 0.05) is 13.1 Å². The Morgan fingerprint density at radius 3 is 2.71 bits per heavy atom. The Balaban J connectivity index is 2.65. The molecule has 2 atom stereocenters. The van der Waals surface area contributed by atoms with Crippen molar-refractivity contribution in [3.8, 4) is 5.75 Å². The minimum atomic E-state index is -0.414. The van der Waals surface area contributed by atoms with Gasteiger partial charge in [-0.25, -0.2) is 0 Å². The molecule has 0 bridgehead atoms. The number of para-hydroxylation sites is 1. The quantitative estimate of drug-likeness (QED) is 0.799. The molecular formula is C16H26N2O2S. The second kappa shape index (κ2) is 8.95. The first kappa shape index (κ1) is 17.9. The lowest BCUT2D eigenvalue weighted by atomic mass is 10.0. The number of amides is 1. The molecule has 0 radical (unpaired) electrons. The molecule has 1 aromatic carbocycles. The van der Waals surface area contributed by atoms with Gasteiger partial charge in [-0.15, -0.1) is 0 Å². The molecule has 0 heterocycles. The molecule has 0 fully saturated rings. The number of likely N-dealkylation sites (N-methyl/N-ethyl adjacent to an activating group) is 1. The van der Waals surface area contributed by atoms with Gasteiger partial charge in [0.2, 0.25) is 5.91 Å². The van der Waals surface area contributed by atoms with Crippen molar-refractivity contribution < 1.29 is 9.53 Å². The van der Waals surface area contributed by atoms with Gasteiger partial charge in [0.25, 0.3) is 0 Å². The third-order valence-corrected chi connectivity index (χ3v) is 4.31. The molecule has 1 aromatic rings. The Bertz CT molecular complexity index is 454. The summed E-state index contributed by atoms with van der Waals surface area (Å²) in [4.78, 5) is 14.0. The van der Waals surface area contributed by atoms with E-state index in [-0.39, 0.29) is 11.9 Å². The summed E-state index contributed by atoms with van der Waals surface area (Å²) in [6.07, 6.45) is 3.48. The van der Waals surface area contributed by atoms with Crippen molar-refractivity contribution in [1.82, 2.24) is 4.90 Å². The number of thioether (sulfide) groups is 1. The zero-order valence-corrected chi connectivity index (χ0v) is 14.2. The fourth-order valence-corrected chi connectivity index (χ4v) is 2.66. The van der Waals surface area contributed by atoms with Crippen molar-refractivity contribution in [3.63, 3.8) is 0 Å². The largest absolute Gasteiger partial charge is 0.496 e. The summed E-state index contributed by atoms with van der Waals surface area (Å²) in [6.45, 7) is 2.03. The monoisotopic (exact) mass is 310 g/mol. The van der Waals surface area contributed by atoms with Crippen molar-refractivity contribution in [2.24, 2.45) is 5.73 Å². The van der Waals surface area contributed by atoms with Crippen molar-refractivity contribution in [2.45, 2.75) is 31.8 Å². The molecule has 0 aliphatic rings. The first-order chi connectivity index (χ1) is 10.0. The maximum Gasteiger partial charge on any atom is 0.239 e. The van der Waals surface area contributed by atoms with Gasteiger partial charge in [-0.05, 0) is 43.4 Å². The van der Waals surface area contributed by atoms with Crippen LogP contribution < -0.4 is 10.5 Å². The van der Waals surface area contributed by atoms with Crippen LogP contribution in [-0.4, -0.2) is 49.1 Å². The van der Waals surface area contributed by atoms with Gasteiger partial charge in [-0.2, -0.15) is 11.8 Å². The van der Waals surface area contributed by atoms with Crippen molar-refractivity contribution in [3.05, 3.63) is 29.8 Å². The van der Waals surface area contributed by atoms with Gasteiger partial charge < -0.3 is 15.4 Å². The summed E-state index contributed by atoms with van der Waals surface area (Å²) < 4.78 is 5.36. The molecule has 5 heteroatoms. The number of methoxy groups -OCH3 is 1. The van der Waals surface area contributed by atoms with E-state index in [1.54, 1.807) is 23.8 Å². The maximum absolute atomic E-state index is 12.3. The Labute approximate surface area is 132 Å². The van der Waals surface area contributed by atoms with Gasteiger partial charge in [0.15, 0.2) is 0 Å². The van der Waals surface area contributed by atoms with Crippen LogP contribution in [0.4, 0.5) is 0 Å². The van der Waals surface area contributed by atoms with E-state index >= 15 is 0 Å². The third-order valence-electron chi connectivity index (χ3n) is 3.67. The zero-order chi connectivity index (χ0) is 15.8. The number of carbonyl (C=O) groups excluding carboxylic acids is 1. The van der Waals surface area contributed by atoms with Crippen molar-refractivity contribution >= 4 is 17.7 Å². The van der Waals surface area contributed by atoms with E-state index < -0.39 is 6.04 Å². The van der Waals surface area contributed by atoms with E-state index in [2.05, 4.69) is 0 Å². The topological polar surface area (TPSA) is 55.6 Å². The van der Waals surface area contributed by atoms with Gasteiger partial charge in [-0.3, -0.25) is 4.79 Å². The molecule has 0 aromatic heterocycles. The lowest BCUT2D eigenvalue weighted by Crippen LogP contribution is -2.46. The van der Waals surface area contributed by atoms with E-state index in [0.717, 1.165) is 23.5 Å². The SMILES string of the molecule is COc1ccccc1CC(C)N(C)C(=O)[C@@H](N)CCSC. The number of carbonyl (C=O) groups is 1. The van der Waals surface area contributed by atoms with E-state index in [0.29, 0.717) is 6.42 Å². The molecule has 118 valence electrons. The maximum atomic E-state index is 12.3. The van der Waals surface area contributed by atoms with Crippen molar-refractivity contribution in [2.75, 3.05) is 26.2 Å². The van der Waals surface area contributed by atoms with Crippen LogP contribution in [0.2, 0.25) is 0 Å². The molecule has 0 saturated carbocycles. The number of rotatable bonds is 8. The number of benzene rings is 1. The second-order valence-electron chi connectivity index (χ2n) is 5.20. The summed E-state index contributed by atoms with van der Waals surface area (Å²) >= 11 is 1.71.